The maximum Gasteiger partial charge on any atom is 0.408 e. The number of carbonyl (C=O) groups is 5. The normalized spacial score (nSPS) is 26.7. The Bertz CT molecular complexity index is 1060. The summed E-state index contributed by atoms with van der Waals surface area (Å²) in [4.78, 5) is 68.1. The van der Waals surface area contributed by atoms with Crippen LogP contribution in [0.3, 0.4) is 0 Å². The third kappa shape index (κ3) is 7.30. The molecular weight excluding hydrogens is 524 g/mol. The van der Waals surface area contributed by atoms with Crippen LogP contribution in [0.15, 0.2) is 12.7 Å². The highest BCUT2D eigenvalue weighted by Crippen LogP contribution is 2.65. The van der Waals surface area contributed by atoms with Gasteiger partial charge >= 0.3 is 6.09 Å². The molecule has 0 aromatic heterocycles. The molecule has 0 bridgehead atoms. The van der Waals surface area contributed by atoms with E-state index in [1.807, 2.05) is 0 Å². The van der Waals surface area contributed by atoms with E-state index in [0.717, 1.165) is 44.9 Å². The zero-order valence-corrected chi connectivity index (χ0v) is 25.3. The average molecular weight is 573 g/mol. The number of likely N-dealkylation sites (tertiary alicyclic amines) is 1. The molecule has 10 heteroatoms. The predicted octanol–water partition coefficient (Wildman–Crippen LogP) is 3.10. The van der Waals surface area contributed by atoms with Gasteiger partial charge < -0.3 is 25.6 Å². The van der Waals surface area contributed by atoms with Crippen LogP contribution in [0.1, 0.15) is 86.0 Å². The van der Waals surface area contributed by atoms with Crippen LogP contribution in [0.25, 0.3) is 0 Å². The van der Waals surface area contributed by atoms with E-state index in [-0.39, 0.29) is 41.5 Å². The van der Waals surface area contributed by atoms with Crippen LogP contribution in [-0.4, -0.2) is 71.3 Å². The van der Waals surface area contributed by atoms with E-state index in [9.17, 15) is 24.0 Å². The number of Topliss-reactive ketones (excluding diaryl/α,β-unsaturated/α-hetero) is 1. The van der Waals surface area contributed by atoms with Gasteiger partial charge in [-0.25, -0.2) is 4.79 Å². The van der Waals surface area contributed by atoms with Crippen molar-refractivity contribution >= 4 is 29.6 Å². The Morgan fingerprint density at radius 2 is 1.68 bits per heavy atom. The number of piperidine rings is 1. The Morgan fingerprint density at radius 1 is 1.02 bits per heavy atom. The first-order valence-corrected chi connectivity index (χ1v) is 15.3. The smallest absolute Gasteiger partial charge is 0.408 e. The van der Waals surface area contributed by atoms with E-state index in [1.54, 1.807) is 25.7 Å². The molecule has 5 atom stereocenters. The topological polar surface area (TPSA) is 134 Å². The van der Waals surface area contributed by atoms with Crippen molar-refractivity contribution in [2.75, 3.05) is 13.1 Å². The van der Waals surface area contributed by atoms with Gasteiger partial charge in [0, 0.05) is 13.1 Å². The molecule has 41 heavy (non-hydrogen) atoms. The zero-order valence-electron chi connectivity index (χ0n) is 25.3. The van der Waals surface area contributed by atoms with Gasteiger partial charge in [0.15, 0.2) is 0 Å². The second kappa shape index (κ2) is 12.1. The van der Waals surface area contributed by atoms with Crippen molar-refractivity contribution in [2.24, 2.45) is 29.1 Å². The summed E-state index contributed by atoms with van der Waals surface area (Å²) in [6.07, 6.45) is 7.83. The fourth-order valence-corrected chi connectivity index (χ4v) is 6.86. The number of fused-ring (bicyclic) bond motifs is 1. The minimum atomic E-state index is -0.952. The van der Waals surface area contributed by atoms with Gasteiger partial charge in [0.25, 0.3) is 5.91 Å². The number of hydrogen-bond donors (Lipinski definition) is 3. The summed E-state index contributed by atoms with van der Waals surface area (Å²) in [5.41, 5.74) is -0.845. The van der Waals surface area contributed by atoms with Gasteiger partial charge in [-0.15, -0.1) is 6.58 Å². The second-order valence-electron chi connectivity index (χ2n) is 14.0. The Balaban J connectivity index is 1.54. The molecule has 3 saturated carbocycles. The summed E-state index contributed by atoms with van der Waals surface area (Å²) < 4.78 is 5.50. The number of alkyl carbamates (subject to hydrolysis) is 1. The lowest BCUT2D eigenvalue weighted by Crippen LogP contribution is -2.60. The maximum atomic E-state index is 14.2. The van der Waals surface area contributed by atoms with Crippen LogP contribution >= 0.6 is 0 Å². The van der Waals surface area contributed by atoms with Gasteiger partial charge in [-0.3, -0.25) is 19.2 Å². The minimum Gasteiger partial charge on any atom is -0.444 e. The van der Waals surface area contributed by atoms with Crippen molar-refractivity contribution in [3.63, 3.8) is 0 Å². The average Bonchev–Trinajstić information content (AvgIpc) is 3.76. The van der Waals surface area contributed by atoms with Crippen LogP contribution in [0.2, 0.25) is 0 Å². The lowest BCUT2D eigenvalue weighted by molar-refractivity contribution is -0.145. The number of ether oxygens (including phenoxy) is 1. The zero-order chi connectivity index (χ0) is 30.1. The van der Waals surface area contributed by atoms with E-state index < -0.39 is 47.4 Å². The molecule has 0 spiro atoms. The fourth-order valence-electron chi connectivity index (χ4n) is 6.86. The Hall–Kier alpha value is -2.91. The molecule has 1 unspecified atom stereocenters. The number of amides is 4. The van der Waals surface area contributed by atoms with Crippen LogP contribution in [-0.2, 0) is 23.9 Å². The third-order valence-corrected chi connectivity index (χ3v) is 9.35. The van der Waals surface area contributed by atoms with Crippen molar-refractivity contribution in [1.82, 2.24) is 20.9 Å². The van der Waals surface area contributed by atoms with E-state index in [1.165, 1.54) is 6.08 Å². The van der Waals surface area contributed by atoms with Gasteiger partial charge in [0.05, 0.1) is 6.04 Å². The first-order valence-electron chi connectivity index (χ1n) is 15.3. The third-order valence-electron chi connectivity index (χ3n) is 9.35. The molecule has 3 aliphatic carbocycles. The predicted molar refractivity (Wildman–Crippen MR) is 153 cm³/mol. The highest BCUT2D eigenvalue weighted by Gasteiger charge is 2.69. The first kappa shape index (κ1) is 31.0. The number of rotatable bonds is 11. The maximum absolute atomic E-state index is 14.2. The molecule has 1 heterocycles. The summed E-state index contributed by atoms with van der Waals surface area (Å²) in [6, 6.07) is -2.53. The lowest BCUT2D eigenvalue weighted by atomic mass is 9.83. The standard InChI is InChI=1S/C31H48N4O6/c1-7-15-32-27(38)25(36)21(16-18-13-14-18)33-26(37)24-22-20(31(22,5)6)17-35(24)28(39)23(19-11-9-8-10-12-19)34-29(40)41-30(2,3)4/h7,18-24H,1,8-17H2,2-6H3,(H,32,38)(H,33,37)(H,34,40)/t20-,21?,22-,23-,24-/m0/s1. The van der Waals surface area contributed by atoms with Crippen LogP contribution < -0.4 is 16.0 Å². The molecule has 4 fully saturated rings. The van der Waals surface area contributed by atoms with Crippen molar-refractivity contribution < 1.29 is 28.7 Å². The van der Waals surface area contributed by atoms with Gasteiger partial charge in [-0.1, -0.05) is 52.0 Å². The highest BCUT2D eigenvalue weighted by atomic mass is 16.6. The van der Waals surface area contributed by atoms with Crippen molar-refractivity contribution in [3.8, 4) is 0 Å². The van der Waals surface area contributed by atoms with Crippen molar-refractivity contribution in [1.29, 1.82) is 0 Å². The fraction of sp³-hybridized carbons (Fsp3) is 0.774. The Kier molecular flexibility index (Phi) is 9.19. The van der Waals surface area contributed by atoms with E-state index in [2.05, 4.69) is 36.4 Å². The second-order valence-corrected chi connectivity index (χ2v) is 14.0. The van der Waals surface area contributed by atoms with Gasteiger partial charge in [-0.05, 0) is 69.1 Å². The molecule has 4 rings (SSSR count). The quantitative estimate of drug-likeness (QED) is 0.257. The molecule has 3 N–H and O–H groups in total. The van der Waals surface area contributed by atoms with Crippen LogP contribution in [0.4, 0.5) is 4.79 Å². The number of nitrogens with zero attached hydrogens (tertiary/aromatic N) is 1. The largest absolute Gasteiger partial charge is 0.444 e. The first-order chi connectivity index (χ1) is 19.2. The summed E-state index contributed by atoms with van der Waals surface area (Å²) in [7, 11) is 0. The van der Waals surface area contributed by atoms with Crippen LogP contribution in [0, 0.1) is 29.1 Å². The van der Waals surface area contributed by atoms with Crippen LogP contribution in [0.5, 0.6) is 0 Å². The molecular formula is C31H48N4O6. The SMILES string of the molecule is C=CCNC(=O)C(=O)C(CC1CC1)NC(=O)[C@@H]1[C@@H]2[C@H](CN1C(=O)[C@@H](NC(=O)OC(C)(C)C)C1CCCCC1)C2(C)C. The summed E-state index contributed by atoms with van der Waals surface area (Å²) in [5, 5.41) is 8.25. The van der Waals surface area contributed by atoms with Crippen molar-refractivity contribution in [2.45, 2.75) is 110 Å². The van der Waals surface area contributed by atoms with Gasteiger partial charge in [-0.2, -0.15) is 0 Å². The van der Waals surface area contributed by atoms with E-state index in [4.69, 9.17) is 4.74 Å². The summed E-state index contributed by atoms with van der Waals surface area (Å²) in [5.74, 6) is -1.80. The number of ketones is 1. The minimum absolute atomic E-state index is 0.0461. The molecule has 1 saturated heterocycles. The molecule has 10 nitrogen and oxygen atoms in total. The Morgan fingerprint density at radius 3 is 2.27 bits per heavy atom. The molecule has 0 radical (unpaired) electrons. The molecule has 0 aromatic rings. The number of hydrogen-bond acceptors (Lipinski definition) is 6. The molecule has 4 amide bonds. The Labute approximate surface area is 243 Å². The highest BCUT2D eigenvalue weighted by molar-refractivity contribution is 6.38. The monoisotopic (exact) mass is 572 g/mol. The number of nitrogens with one attached hydrogen (secondary N) is 3. The summed E-state index contributed by atoms with van der Waals surface area (Å²) >= 11 is 0. The molecule has 4 aliphatic rings. The molecule has 228 valence electrons. The van der Waals surface area contributed by atoms with Gasteiger partial charge in [0.1, 0.15) is 17.7 Å². The number of carbonyl (C=O) groups excluding carboxylic acids is 5. The van der Waals surface area contributed by atoms with E-state index in [0.29, 0.717) is 13.0 Å². The molecule has 1 aliphatic heterocycles. The van der Waals surface area contributed by atoms with E-state index >= 15 is 0 Å². The summed E-state index contributed by atoms with van der Waals surface area (Å²) in [6.45, 7) is 13.6. The molecule has 0 aromatic carbocycles. The van der Waals surface area contributed by atoms with Crippen molar-refractivity contribution in [3.05, 3.63) is 12.7 Å². The lowest BCUT2D eigenvalue weighted by Gasteiger charge is -2.37. The van der Waals surface area contributed by atoms with Gasteiger partial charge in [0.2, 0.25) is 17.6 Å².